The molecule has 2 aliphatic heterocycles. The molecule has 2 heteroatoms. The van der Waals surface area contributed by atoms with Crippen molar-refractivity contribution >= 4 is 0 Å². The van der Waals surface area contributed by atoms with Crippen molar-refractivity contribution in [2.45, 2.75) is 62.9 Å². The summed E-state index contributed by atoms with van der Waals surface area (Å²) in [6.45, 7) is 0. The second kappa shape index (κ2) is 3.58. The second-order valence-electron chi connectivity index (χ2n) is 5.96. The van der Waals surface area contributed by atoms with Crippen LogP contribution in [-0.2, 0) is 9.47 Å². The van der Waals surface area contributed by atoms with Gasteiger partial charge in [-0.3, -0.25) is 0 Å². The van der Waals surface area contributed by atoms with E-state index < -0.39 is 0 Å². The van der Waals surface area contributed by atoms with Crippen LogP contribution in [0.25, 0.3) is 0 Å². The normalized spacial score (nSPS) is 54.5. The van der Waals surface area contributed by atoms with E-state index in [2.05, 4.69) is 12.2 Å². The molecule has 0 aromatic rings. The quantitative estimate of drug-likeness (QED) is 0.528. The Morgan fingerprint density at radius 2 is 1.12 bits per heavy atom. The molecule has 16 heavy (non-hydrogen) atoms. The molecule has 4 rings (SSSR count). The summed E-state index contributed by atoms with van der Waals surface area (Å²) in [4.78, 5) is 0. The highest BCUT2D eigenvalue weighted by Crippen LogP contribution is 2.42. The van der Waals surface area contributed by atoms with E-state index in [1.165, 1.54) is 38.5 Å². The lowest BCUT2D eigenvalue weighted by Crippen LogP contribution is -2.14. The fourth-order valence-corrected chi connectivity index (χ4v) is 3.53. The molecule has 4 fully saturated rings. The average molecular weight is 220 g/mol. The van der Waals surface area contributed by atoms with Crippen LogP contribution in [0, 0.1) is 11.8 Å². The van der Waals surface area contributed by atoms with Gasteiger partial charge >= 0.3 is 0 Å². The Morgan fingerprint density at radius 3 is 1.56 bits per heavy atom. The summed E-state index contributed by atoms with van der Waals surface area (Å²) in [6, 6.07) is 0. The number of allylic oxidation sites excluding steroid dienone is 2. The number of epoxide rings is 2. The summed E-state index contributed by atoms with van der Waals surface area (Å²) in [5, 5.41) is 0. The minimum atomic E-state index is 0.617. The summed E-state index contributed by atoms with van der Waals surface area (Å²) < 4.78 is 11.1. The zero-order valence-corrected chi connectivity index (χ0v) is 9.68. The van der Waals surface area contributed by atoms with Crippen LogP contribution < -0.4 is 0 Å². The maximum Gasteiger partial charge on any atom is 0.0847 e. The standard InChI is InChI=1S/C14H20O2/c1(9-3-5-11-13(7-9)15-11)2-10-4-6-12-14(8-10)16-12/h1-2,9-14H,3-8H2. The van der Waals surface area contributed by atoms with Crippen LogP contribution in [0.4, 0.5) is 0 Å². The summed E-state index contributed by atoms with van der Waals surface area (Å²) in [6.07, 6.45) is 15.3. The third-order valence-electron chi connectivity index (χ3n) is 4.74. The van der Waals surface area contributed by atoms with Gasteiger partial charge in [-0.1, -0.05) is 12.2 Å². The topological polar surface area (TPSA) is 25.1 Å². The lowest BCUT2D eigenvalue weighted by molar-refractivity contribution is 0.368. The fourth-order valence-electron chi connectivity index (χ4n) is 3.53. The minimum Gasteiger partial charge on any atom is -0.370 e. The van der Waals surface area contributed by atoms with E-state index in [1.807, 2.05) is 0 Å². The highest BCUT2D eigenvalue weighted by molar-refractivity contribution is 5.04. The Kier molecular flexibility index (Phi) is 2.16. The van der Waals surface area contributed by atoms with Crippen molar-refractivity contribution in [3.63, 3.8) is 0 Å². The van der Waals surface area contributed by atoms with Gasteiger partial charge in [0.2, 0.25) is 0 Å². The number of fused-ring (bicyclic) bond motifs is 2. The molecule has 0 radical (unpaired) electrons. The van der Waals surface area contributed by atoms with Crippen molar-refractivity contribution in [2.75, 3.05) is 0 Å². The summed E-state index contributed by atoms with van der Waals surface area (Å²) in [5.41, 5.74) is 0. The molecule has 0 amide bonds. The monoisotopic (exact) mass is 220 g/mol. The first-order valence-electron chi connectivity index (χ1n) is 6.88. The molecule has 0 N–H and O–H groups in total. The van der Waals surface area contributed by atoms with Crippen LogP contribution in [0.2, 0.25) is 0 Å². The molecule has 6 unspecified atom stereocenters. The Labute approximate surface area is 97.0 Å². The molecular formula is C14H20O2. The minimum absolute atomic E-state index is 0.617. The van der Waals surface area contributed by atoms with Gasteiger partial charge in [-0.05, 0) is 50.4 Å². The zero-order chi connectivity index (χ0) is 10.5. The highest BCUT2D eigenvalue weighted by Gasteiger charge is 2.44. The lowest BCUT2D eigenvalue weighted by atomic mass is 9.85. The average Bonchev–Trinajstić information content (AvgIpc) is 3.19. The van der Waals surface area contributed by atoms with E-state index in [-0.39, 0.29) is 0 Å². The van der Waals surface area contributed by atoms with Crippen LogP contribution in [0.3, 0.4) is 0 Å². The molecule has 0 bridgehead atoms. The molecule has 2 saturated heterocycles. The maximum absolute atomic E-state index is 5.57. The molecule has 6 atom stereocenters. The van der Waals surface area contributed by atoms with Crippen molar-refractivity contribution in [3.05, 3.63) is 12.2 Å². The SMILES string of the molecule is C(=CC1CCC2OC2C1)C1CCC2OC2C1. The van der Waals surface area contributed by atoms with Crippen LogP contribution in [0.5, 0.6) is 0 Å². The van der Waals surface area contributed by atoms with Gasteiger partial charge in [-0.2, -0.15) is 0 Å². The second-order valence-corrected chi connectivity index (χ2v) is 5.96. The molecule has 2 nitrogen and oxygen atoms in total. The van der Waals surface area contributed by atoms with E-state index in [1.54, 1.807) is 0 Å². The molecule has 0 aromatic carbocycles. The van der Waals surface area contributed by atoms with Gasteiger partial charge in [0.15, 0.2) is 0 Å². The van der Waals surface area contributed by atoms with Crippen molar-refractivity contribution in [2.24, 2.45) is 11.8 Å². The summed E-state index contributed by atoms with van der Waals surface area (Å²) in [5.74, 6) is 1.59. The van der Waals surface area contributed by atoms with E-state index in [9.17, 15) is 0 Å². The third kappa shape index (κ3) is 1.82. The third-order valence-corrected chi connectivity index (χ3v) is 4.74. The highest BCUT2D eigenvalue weighted by atomic mass is 16.6. The molecule has 2 heterocycles. The molecule has 0 aromatic heterocycles. The molecule has 4 aliphatic rings. The van der Waals surface area contributed by atoms with Gasteiger partial charge in [0, 0.05) is 0 Å². The van der Waals surface area contributed by atoms with Gasteiger partial charge in [-0.25, -0.2) is 0 Å². The molecule has 88 valence electrons. The van der Waals surface area contributed by atoms with Crippen molar-refractivity contribution < 1.29 is 9.47 Å². The lowest BCUT2D eigenvalue weighted by Gasteiger charge is -2.18. The summed E-state index contributed by atoms with van der Waals surface area (Å²) in [7, 11) is 0. The van der Waals surface area contributed by atoms with E-state index in [0.717, 1.165) is 11.8 Å². The first kappa shape index (κ1) is 9.67. The van der Waals surface area contributed by atoms with Gasteiger partial charge in [0.05, 0.1) is 24.4 Å². The largest absolute Gasteiger partial charge is 0.370 e. The van der Waals surface area contributed by atoms with Crippen LogP contribution >= 0.6 is 0 Å². The van der Waals surface area contributed by atoms with Gasteiger partial charge in [0.25, 0.3) is 0 Å². The van der Waals surface area contributed by atoms with Crippen molar-refractivity contribution in [3.8, 4) is 0 Å². The van der Waals surface area contributed by atoms with E-state index >= 15 is 0 Å². The number of rotatable bonds is 2. The first-order chi connectivity index (χ1) is 7.88. The molecular weight excluding hydrogens is 200 g/mol. The number of hydrogen-bond acceptors (Lipinski definition) is 2. The molecule has 2 saturated carbocycles. The predicted molar refractivity (Wildman–Crippen MR) is 61.1 cm³/mol. The number of hydrogen-bond donors (Lipinski definition) is 0. The van der Waals surface area contributed by atoms with Crippen LogP contribution in [0.15, 0.2) is 12.2 Å². The Hall–Kier alpha value is -0.340. The summed E-state index contributed by atoms with van der Waals surface area (Å²) >= 11 is 0. The molecule has 2 aliphatic carbocycles. The zero-order valence-electron chi connectivity index (χ0n) is 9.68. The van der Waals surface area contributed by atoms with Crippen LogP contribution in [0.1, 0.15) is 38.5 Å². The Morgan fingerprint density at radius 1 is 0.625 bits per heavy atom. The first-order valence-corrected chi connectivity index (χ1v) is 6.88. The van der Waals surface area contributed by atoms with Crippen molar-refractivity contribution in [1.29, 1.82) is 0 Å². The van der Waals surface area contributed by atoms with Gasteiger partial charge < -0.3 is 9.47 Å². The molecule has 0 spiro atoms. The predicted octanol–water partition coefficient (Wildman–Crippen LogP) is 2.68. The van der Waals surface area contributed by atoms with E-state index in [0.29, 0.717) is 24.4 Å². The number of ether oxygens (including phenoxy) is 2. The van der Waals surface area contributed by atoms with Crippen molar-refractivity contribution in [1.82, 2.24) is 0 Å². The van der Waals surface area contributed by atoms with Gasteiger partial charge in [0.1, 0.15) is 0 Å². The fraction of sp³-hybridized carbons (Fsp3) is 0.857. The maximum atomic E-state index is 5.57. The Bertz CT molecular complexity index is 282. The Balaban J connectivity index is 1.31. The van der Waals surface area contributed by atoms with Crippen LogP contribution in [-0.4, -0.2) is 24.4 Å². The van der Waals surface area contributed by atoms with E-state index in [4.69, 9.17) is 9.47 Å². The smallest absolute Gasteiger partial charge is 0.0847 e. The van der Waals surface area contributed by atoms with Gasteiger partial charge in [-0.15, -0.1) is 0 Å².